The minimum absolute atomic E-state index is 0.115. The van der Waals surface area contributed by atoms with E-state index in [1.165, 1.54) is 11.8 Å². The van der Waals surface area contributed by atoms with Gasteiger partial charge < -0.3 is 20.1 Å². The van der Waals surface area contributed by atoms with Crippen molar-refractivity contribution in [2.45, 2.75) is 13.0 Å². The van der Waals surface area contributed by atoms with Gasteiger partial charge in [0, 0.05) is 17.9 Å². The highest BCUT2D eigenvalue weighted by Crippen LogP contribution is 2.04. The van der Waals surface area contributed by atoms with E-state index in [1.807, 2.05) is 0 Å². The molecule has 1 aliphatic heterocycles. The number of carbonyl (C=O) groups excluding carboxylic acids is 1. The molecule has 0 unspecified atom stereocenters. The topological polar surface area (TPSA) is 59.6 Å². The van der Waals surface area contributed by atoms with E-state index in [1.54, 1.807) is 6.92 Å². The number of nitrogens with one attached hydrogen (secondary N) is 2. The molecule has 0 bridgehead atoms. The van der Waals surface area contributed by atoms with Gasteiger partial charge in [0.1, 0.15) is 11.1 Å². The fourth-order valence-corrected chi connectivity index (χ4v) is 2.29. The van der Waals surface area contributed by atoms with E-state index in [0.29, 0.717) is 36.4 Å². The molecule has 1 rings (SSSR count). The first-order valence-corrected chi connectivity index (χ1v) is 7.01. The third-order valence-corrected chi connectivity index (χ3v) is 3.39. The fraction of sp³-hybridized carbons (Fsp3) is 0.636. The molecule has 1 fully saturated rings. The first kappa shape index (κ1) is 15.4. The van der Waals surface area contributed by atoms with Gasteiger partial charge in [-0.05, 0) is 6.92 Å². The zero-order valence-corrected chi connectivity index (χ0v) is 12.0. The van der Waals surface area contributed by atoms with Crippen molar-refractivity contribution in [2.75, 3.05) is 32.3 Å². The molecule has 1 heterocycles. The standard InChI is InChI=1S/C11H18N2O3S2/c1-8(2)10(14)12-3-4-18-11(17)13-9-5-15-7-16-6-9/h9H,1,3-7H2,2H3,(H,12,14)(H,13,17). The number of hydrogen-bond acceptors (Lipinski definition) is 5. The second-order valence-corrected chi connectivity index (χ2v) is 5.64. The van der Waals surface area contributed by atoms with Crippen molar-refractivity contribution in [3.05, 3.63) is 12.2 Å². The average Bonchev–Trinajstić information content (AvgIpc) is 2.35. The lowest BCUT2D eigenvalue weighted by Crippen LogP contribution is -2.43. The Morgan fingerprint density at radius 3 is 2.78 bits per heavy atom. The molecule has 102 valence electrons. The molecule has 5 nitrogen and oxygen atoms in total. The Labute approximate surface area is 117 Å². The number of thiocarbonyl (C=S) groups is 1. The molecule has 0 aromatic heterocycles. The summed E-state index contributed by atoms with van der Waals surface area (Å²) in [6.45, 7) is 7.37. The van der Waals surface area contributed by atoms with Crippen LogP contribution in [0.5, 0.6) is 0 Å². The van der Waals surface area contributed by atoms with Gasteiger partial charge in [0.2, 0.25) is 5.91 Å². The van der Waals surface area contributed by atoms with Crippen LogP contribution >= 0.6 is 24.0 Å². The lowest BCUT2D eigenvalue weighted by atomic mass is 10.3. The minimum Gasteiger partial charge on any atom is -0.364 e. The smallest absolute Gasteiger partial charge is 0.246 e. The van der Waals surface area contributed by atoms with Gasteiger partial charge in [-0.25, -0.2) is 0 Å². The van der Waals surface area contributed by atoms with Crippen LogP contribution in [0.1, 0.15) is 6.92 Å². The van der Waals surface area contributed by atoms with Gasteiger partial charge in [-0.1, -0.05) is 30.6 Å². The summed E-state index contributed by atoms with van der Waals surface area (Å²) in [6.07, 6.45) is 0. The number of hydrogen-bond donors (Lipinski definition) is 2. The van der Waals surface area contributed by atoms with Crippen molar-refractivity contribution in [3.8, 4) is 0 Å². The van der Waals surface area contributed by atoms with Crippen molar-refractivity contribution in [1.29, 1.82) is 0 Å². The van der Waals surface area contributed by atoms with Crippen LogP contribution in [0.2, 0.25) is 0 Å². The largest absolute Gasteiger partial charge is 0.364 e. The van der Waals surface area contributed by atoms with Gasteiger partial charge in [0.25, 0.3) is 0 Å². The van der Waals surface area contributed by atoms with Crippen LogP contribution in [0.4, 0.5) is 0 Å². The molecular weight excluding hydrogens is 272 g/mol. The zero-order chi connectivity index (χ0) is 13.4. The molecule has 0 aromatic rings. The Balaban J connectivity index is 2.06. The van der Waals surface area contributed by atoms with E-state index in [0.717, 1.165) is 5.75 Å². The Kier molecular flexibility index (Phi) is 7.26. The van der Waals surface area contributed by atoms with E-state index in [2.05, 4.69) is 17.2 Å². The average molecular weight is 290 g/mol. The molecule has 1 amide bonds. The maximum Gasteiger partial charge on any atom is 0.246 e. The lowest BCUT2D eigenvalue weighted by Gasteiger charge is -2.24. The second kappa shape index (κ2) is 8.47. The summed E-state index contributed by atoms with van der Waals surface area (Å²) >= 11 is 6.66. The summed E-state index contributed by atoms with van der Waals surface area (Å²) in [4.78, 5) is 11.2. The summed E-state index contributed by atoms with van der Waals surface area (Å²) in [5.41, 5.74) is 0.511. The molecule has 0 radical (unpaired) electrons. The first-order chi connectivity index (χ1) is 8.59. The molecule has 0 saturated carbocycles. The maximum absolute atomic E-state index is 11.2. The van der Waals surface area contributed by atoms with Crippen LogP contribution in [0.15, 0.2) is 12.2 Å². The third-order valence-electron chi connectivity index (χ3n) is 2.14. The number of carbonyl (C=O) groups is 1. The number of ether oxygens (including phenoxy) is 2. The summed E-state index contributed by atoms with van der Waals surface area (Å²) in [5.74, 6) is 0.600. The molecule has 1 saturated heterocycles. The van der Waals surface area contributed by atoms with Crippen LogP contribution in [0.3, 0.4) is 0 Å². The monoisotopic (exact) mass is 290 g/mol. The highest BCUT2D eigenvalue weighted by Gasteiger charge is 2.14. The van der Waals surface area contributed by atoms with Gasteiger partial charge >= 0.3 is 0 Å². The molecule has 0 aromatic carbocycles. The summed E-state index contributed by atoms with van der Waals surface area (Å²) in [7, 11) is 0. The minimum atomic E-state index is -0.122. The van der Waals surface area contributed by atoms with E-state index < -0.39 is 0 Å². The van der Waals surface area contributed by atoms with Crippen LogP contribution in [0, 0.1) is 0 Å². The molecule has 0 spiro atoms. The van der Waals surface area contributed by atoms with E-state index in [4.69, 9.17) is 21.7 Å². The van der Waals surface area contributed by atoms with Crippen LogP contribution < -0.4 is 10.6 Å². The van der Waals surface area contributed by atoms with Gasteiger partial charge in [-0.2, -0.15) is 0 Å². The van der Waals surface area contributed by atoms with Crippen molar-refractivity contribution in [1.82, 2.24) is 10.6 Å². The highest BCUT2D eigenvalue weighted by molar-refractivity contribution is 8.22. The van der Waals surface area contributed by atoms with E-state index in [-0.39, 0.29) is 11.9 Å². The maximum atomic E-state index is 11.2. The Morgan fingerprint density at radius 1 is 1.50 bits per heavy atom. The van der Waals surface area contributed by atoms with E-state index >= 15 is 0 Å². The number of rotatable bonds is 5. The van der Waals surface area contributed by atoms with Gasteiger partial charge in [0.05, 0.1) is 19.3 Å². The van der Waals surface area contributed by atoms with Gasteiger partial charge in [-0.3, -0.25) is 4.79 Å². The van der Waals surface area contributed by atoms with Crippen LogP contribution in [-0.4, -0.2) is 48.6 Å². The van der Waals surface area contributed by atoms with E-state index in [9.17, 15) is 4.79 Å². The Hall–Kier alpha value is -0.630. The number of thioether (sulfide) groups is 1. The zero-order valence-electron chi connectivity index (χ0n) is 10.4. The van der Waals surface area contributed by atoms with Crippen LogP contribution in [-0.2, 0) is 14.3 Å². The molecule has 0 atom stereocenters. The first-order valence-electron chi connectivity index (χ1n) is 5.62. The molecule has 1 aliphatic rings. The highest BCUT2D eigenvalue weighted by atomic mass is 32.2. The Bertz CT molecular complexity index is 317. The van der Waals surface area contributed by atoms with Crippen LogP contribution in [0.25, 0.3) is 0 Å². The fourth-order valence-electron chi connectivity index (χ4n) is 1.24. The van der Waals surface area contributed by atoms with Crippen molar-refractivity contribution in [3.63, 3.8) is 0 Å². The van der Waals surface area contributed by atoms with Gasteiger partial charge in [-0.15, -0.1) is 0 Å². The second-order valence-electron chi connectivity index (χ2n) is 3.87. The molecule has 2 N–H and O–H groups in total. The quantitative estimate of drug-likeness (QED) is 0.441. The Morgan fingerprint density at radius 2 is 2.17 bits per heavy atom. The normalized spacial score (nSPS) is 16.1. The number of amides is 1. The summed E-state index contributed by atoms with van der Waals surface area (Å²) in [5, 5.41) is 5.89. The predicted molar refractivity (Wildman–Crippen MR) is 76.6 cm³/mol. The van der Waals surface area contributed by atoms with Crippen molar-refractivity contribution in [2.24, 2.45) is 0 Å². The summed E-state index contributed by atoms with van der Waals surface area (Å²) < 4.78 is 11.0. The third kappa shape index (κ3) is 6.34. The SMILES string of the molecule is C=C(C)C(=O)NCCSC(=S)NC1COCOC1. The van der Waals surface area contributed by atoms with Crippen molar-refractivity contribution < 1.29 is 14.3 Å². The molecule has 0 aliphatic carbocycles. The summed E-state index contributed by atoms with van der Waals surface area (Å²) in [6, 6.07) is 0.115. The molecule has 7 heteroatoms. The van der Waals surface area contributed by atoms with Gasteiger partial charge in [0.15, 0.2) is 0 Å². The van der Waals surface area contributed by atoms with Crippen molar-refractivity contribution >= 4 is 34.2 Å². The lowest BCUT2D eigenvalue weighted by molar-refractivity contribution is -0.117. The molecule has 18 heavy (non-hydrogen) atoms. The molecular formula is C11H18N2O3S2. The predicted octanol–water partition coefficient (Wildman–Crippen LogP) is 0.659.